The minimum atomic E-state index is -0.0424. The predicted octanol–water partition coefficient (Wildman–Crippen LogP) is 5.58. The summed E-state index contributed by atoms with van der Waals surface area (Å²) in [7, 11) is 0. The summed E-state index contributed by atoms with van der Waals surface area (Å²) in [5.41, 5.74) is 2.58. The highest BCUT2D eigenvalue weighted by Crippen LogP contribution is 2.25. The van der Waals surface area contributed by atoms with Gasteiger partial charge < -0.3 is 19.9 Å². The lowest BCUT2D eigenvalue weighted by atomic mass is 10.0. The molecule has 34 heavy (non-hydrogen) atoms. The largest absolute Gasteiger partial charge is 0.506 e. The summed E-state index contributed by atoms with van der Waals surface area (Å²) in [5.74, 6) is 1.49. The molecule has 0 amide bonds. The van der Waals surface area contributed by atoms with Gasteiger partial charge in [0, 0.05) is 12.5 Å². The molecule has 6 heteroatoms. The van der Waals surface area contributed by atoms with E-state index in [4.69, 9.17) is 21.1 Å². The molecule has 3 aromatic rings. The fourth-order valence-corrected chi connectivity index (χ4v) is 3.96. The van der Waals surface area contributed by atoms with E-state index in [1.54, 1.807) is 18.2 Å². The van der Waals surface area contributed by atoms with Crippen LogP contribution in [-0.4, -0.2) is 30.1 Å². The predicted molar refractivity (Wildman–Crippen MR) is 135 cm³/mol. The van der Waals surface area contributed by atoms with Crippen molar-refractivity contribution in [2.45, 2.75) is 32.0 Å². The van der Waals surface area contributed by atoms with E-state index >= 15 is 0 Å². The molecule has 0 spiro atoms. The van der Waals surface area contributed by atoms with E-state index in [1.807, 2.05) is 48.5 Å². The number of benzene rings is 3. The third kappa shape index (κ3) is 6.86. The molecule has 5 nitrogen and oxygen atoms in total. The molecule has 4 rings (SSSR count). The first-order valence-electron chi connectivity index (χ1n) is 11.4. The van der Waals surface area contributed by atoms with Crippen LogP contribution in [0.25, 0.3) is 6.08 Å². The zero-order chi connectivity index (χ0) is 23.8. The summed E-state index contributed by atoms with van der Waals surface area (Å²) < 4.78 is 12.1. The van der Waals surface area contributed by atoms with Crippen LogP contribution < -0.4 is 14.8 Å². The maximum atomic E-state index is 12.6. The first-order chi connectivity index (χ1) is 16.6. The maximum absolute atomic E-state index is 12.6. The number of aromatic hydroxyl groups is 1. The molecular formula is C28H28ClNO4. The van der Waals surface area contributed by atoms with Gasteiger partial charge in [0.05, 0.1) is 5.02 Å². The number of nitrogens with one attached hydrogen (secondary N) is 1. The van der Waals surface area contributed by atoms with Gasteiger partial charge in [-0.15, -0.1) is 0 Å². The second kappa shape index (κ2) is 11.7. The SMILES string of the molecule is O=C(/C=C/c1ccc(Cl)c(O)c1)Cc1ccccc1COc1cccc(OC2CCNCC2)c1. The molecule has 0 bridgehead atoms. The van der Waals surface area contributed by atoms with Gasteiger partial charge in [0.15, 0.2) is 5.78 Å². The number of hydrogen-bond donors (Lipinski definition) is 2. The molecule has 0 aromatic heterocycles. The van der Waals surface area contributed by atoms with Crippen molar-refractivity contribution in [2.24, 2.45) is 0 Å². The Hall–Kier alpha value is -3.28. The fraction of sp³-hybridized carbons (Fsp3) is 0.250. The molecule has 0 radical (unpaired) electrons. The monoisotopic (exact) mass is 477 g/mol. The summed E-state index contributed by atoms with van der Waals surface area (Å²) in [6, 6.07) is 20.3. The number of halogens is 1. The average Bonchev–Trinajstić information content (AvgIpc) is 2.85. The number of carbonyl (C=O) groups excluding carboxylic acids is 1. The van der Waals surface area contributed by atoms with Crippen LogP contribution in [0.4, 0.5) is 0 Å². The number of piperidine rings is 1. The Morgan fingerprint density at radius 2 is 1.76 bits per heavy atom. The Bertz CT molecular complexity index is 1150. The van der Waals surface area contributed by atoms with E-state index in [9.17, 15) is 9.90 Å². The summed E-state index contributed by atoms with van der Waals surface area (Å²) in [6.07, 6.45) is 5.68. The van der Waals surface area contributed by atoms with Gasteiger partial charge >= 0.3 is 0 Å². The number of rotatable bonds is 9. The Balaban J connectivity index is 1.36. The quantitative estimate of drug-likeness (QED) is 0.394. The van der Waals surface area contributed by atoms with Crippen molar-refractivity contribution in [2.75, 3.05) is 13.1 Å². The maximum Gasteiger partial charge on any atom is 0.160 e. The minimum Gasteiger partial charge on any atom is -0.506 e. The van der Waals surface area contributed by atoms with Crippen LogP contribution in [0.2, 0.25) is 5.02 Å². The van der Waals surface area contributed by atoms with Gasteiger partial charge in [0.25, 0.3) is 0 Å². The van der Waals surface area contributed by atoms with Gasteiger partial charge in [0.1, 0.15) is 30.0 Å². The Morgan fingerprint density at radius 3 is 2.56 bits per heavy atom. The van der Waals surface area contributed by atoms with Gasteiger partial charge in [-0.05, 0) is 73.0 Å². The molecule has 0 aliphatic carbocycles. The van der Waals surface area contributed by atoms with Crippen molar-refractivity contribution in [3.8, 4) is 17.2 Å². The van der Waals surface area contributed by atoms with Crippen LogP contribution in [-0.2, 0) is 17.8 Å². The highest BCUT2D eigenvalue weighted by Gasteiger charge is 2.14. The second-order valence-corrected chi connectivity index (χ2v) is 8.69. The van der Waals surface area contributed by atoms with Crippen molar-refractivity contribution in [3.63, 3.8) is 0 Å². The standard InChI is InChI=1S/C28H28ClNO4/c29-27-11-9-20(16-28(27)32)8-10-23(31)17-21-4-1-2-5-22(21)19-33-25-6-3-7-26(18-25)34-24-12-14-30-15-13-24/h1-11,16,18,24,30,32H,12-15,17,19H2/b10-8+. The van der Waals surface area contributed by atoms with E-state index < -0.39 is 0 Å². The summed E-state index contributed by atoms with van der Waals surface area (Å²) in [4.78, 5) is 12.6. The van der Waals surface area contributed by atoms with Gasteiger partial charge in [0.2, 0.25) is 0 Å². The van der Waals surface area contributed by atoms with Crippen molar-refractivity contribution >= 4 is 23.5 Å². The summed E-state index contributed by atoms with van der Waals surface area (Å²) in [5, 5.41) is 13.3. The van der Waals surface area contributed by atoms with Crippen LogP contribution in [0.5, 0.6) is 17.2 Å². The Kier molecular flexibility index (Phi) is 8.23. The molecule has 3 aromatic carbocycles. The lowest BCUT2D eigenvalue weighted by molar-refractivity contribution is -0.113. The number of carbonyl (C=O) groups is 1. The first kappa shape index (κ1) is 23.9. The lowest BCUT2D eigenvalue weighted by Gasteiger charge is -2.24. The summed E-state index contributed by atoms with van der Waals surface area (Å²) >= 11 is 5.83. The van der Waals surface area contributed by atoms with Crippen LogP contribution in [0.15, 0.2) is 72.8 Å². The molecule has 0 unspecified atom stereocenters. The average molecular weight is 478 g/mol. The van der Waals surface area contributed by atoms with Gasteiger partial charge in [-0.2, -0.15) is 0 Å². The van der Waals surface area contributed by atoms with Crippen molar-refractivity contribution in [1.29, 1.82) is 0 Å². The van der Waals surface area contributed by atoms with E-state index in [2.05, 4.69) is 5.32 Å². The number of ketones is 1. The molecule has 1 aliphatic heterocycles. The minimum absolute atomic E-state index is 0.0102. The highest BCUT2D eigenvalue weighted by atomic mass is 35.5. The third-order valence-electron chi connectivity index (χ3n) is 5.70. The molecule has 176 valence electrons. The normalized spacial score (nSPS) is 14.3. The number of hydrogen-bond acceptors (Lipinski definition) is 5. The third-order valence-corrected chi connectivity index (χ3v) is 6.02. The molecule has 1 aliphatic rings. The number of phenolic OH excluding ortho intramolecular Hbond substituents is 1. The number of ether oxygens (including phenoxy) is 2. The van der Waals surface area contributed by atoms with Crippen LogP contribution in [0, 0.1) is 0 Å². The second-order valence-electron chi connectivity index (χ2n) is 8.29. The van der Waals surface area contributed by atoms with Gasteiger partial charge in [-0.1, -0.05) is 54.1 Å². The van der Waals surface area contributed by atoms with Crippen LogP contribution in [0.1, 0.15) is 29.5 Å². The molecule has 1 saturated heterocycles. The van der Waals surface area contributed by atoms with Crippen molar-refractivity contribution in [1.82, 2.24) is 5.32 Å². The summed E-state index contributed by atoms with van der Waals surface area (Å²) in [6.45, 7) is 2.32. The topological polar surface area (TPSA) is 67.8 Å². The molecule has 1 heterocycles. The van der Waals surface area contributed by atoms with Gasteiger partial charge in [-0.25, -0.2) is 0 Å². The zero-order valence-corrected chi connectivity index (χ0v) is 19.6. The molecule has 1 fully saturated rings. The smallest absolute Gasteiger partial charge is 0.160 e. The molecule has 0 atom stereocenters. The number of phenols is 1. The first-order valence-corrected chi connectivity index (χ1v) is 11.8. The fourth-order valence-electron chi connectivity index (χ4n) is 3.84. The molecule has 2 N–H and O–H groups in total. The molecule has 0 saturated carbocycles. The zero-order valence-electron chi connectivity index (χ0n) is 18.9. The van der Waals surface area contributed by atoms with Crippen LogP contribution in [0.3, 0.4) is 0 Å². The highest BCUT2D eigenvalue weighted by molar-refractivity contribution is 6.32. The van der Waals surface area contributed by atoms with Crippen molar-refractivity contribution < 1.29 is 19.4 Å². The Morgan fingerprint density at radius 1 is 1.00 bits per heavy atom. The Labute approximate surface area is 205 Å². The van der Waals surface area contributed by atoms with Gasteiger partial charge in [-0.3, -0.25) is 4.79 Å². The van der Waals surface area contributed by atoms with Crippen LogP contribution >= 0.6 is 11.6 Å². The number of allylic oxidation sites excluding steroid dienone is 1. The van der Waals surface area contributed by atoms with E-state index in [0.29, 0.717) is 12.2 Å². The van der Waals surface area contributed by atoms with E-state index in [1.165, 1.54) is 12.1 Å². The van der Waals surface area contributed by atoms with E-state index in [-0.39, 0.29) is 29.1 Å². The van der Waals surface area contributed by atoms with E-state index in [0.717, 1.165) is 48.6 Å². The lowest BCUT2D eigenvalue weighted by Crippen LogP contribution is -2.34. The van der Waals surface area contributed by atoms with Crippen molar-refractivity contribution in [3.05, 3.63) is 94.5 Å². The molecular weight excluding hydrogens is 450 g/mol.